The first-order chi connectivity index (χ1) is 15.3. The monoisotopic (exact) mass is 448 g/mol. The van der Waals surface area contributed by atoms with E-state index in [0.29, 0.717) is 18.1 Å². The van der Waals surface area contributed by atoms with E-state index in [4.69, 9.17) is 4.74 Å². The van der Waals surface area contributed by atoms with Crippen molar-refractivity contribution in [2.45, 2.75) is 26.5 Å². The zero-order chi connectivity index (χ0) is 23.5. The minimum Gasteiger partial charge on any atom is -0.497 e. The van der Waals surface area contributed by atoms with E-state index < -0.39 is 6.61 Å². The number of hydrogen-bond acceptors (Lipinski definition) is 4. The molecule has 0 bridgehead atoms. The van der Waals surface area contributed by atoms with Gasteiger partial charge in [0, 0.05) is 26.2 Å². The predicted molar refractivity (Wildman–Crippen MR) is 120 cm³/mol. The van der Waals surface area contributed by atoms with Crippen LogP contribution < -0.4 is 20.1 Å². The lowest BCUT2D eigenvalue weighted by Gasteiger charge is -2.16. The number of carbonyl (C=O) groups is 1. The number of halogens is 2. The molecule has 174 valence electrons. The zero-order valence-electron chi connectivity index (χ0n) is 18.8. The number of likely N-dealkylation sites (N-methyl/N-ethyl adjacent to an activating group) is 1. The molecule has 2 rings (SSSR count). The van der Waals surface area contributed by atoms with Crippen LogP contribution in [0.5, 0.6) is 11.5 Å². The Labute approximate surface area is 187 Å². The number of nitrogens with one attached hydrogen (secondary N) is 2. The molecule has 2 N–H and O–H groups in total. The Morgan fingerprint density at radius 1 is 1.12 bits per heavy atom. The Hall–Kier alpha value is -3.36. The van der Waals surface area contributed by atoms with E-state index in [-0.39, 0.29) is 24.7 Å². The Bertz CT molecular complexity index is 903. The number of hydrogen-bond donors (Lipinski definition) is 2. The summed E-state index contributed by atoms with van der Waals surface area (Å²) in [5.74, 6) is 1.15. The highest BCUT2D eigenvalue weighted by atomic mass is 19.3. The van der Waals surface area contributed by atoms with Gasteiger partial charge in [-0.15, -0.1) is 0 Å². The van der Waals surface area contributed by atoms with Gasteiger partial charge in [-0.25, -0.2) is 4.99 Å². The summed E-state index contributed by atoms with van der Waals surface area (Å²) >= 11 is 0. The standard InChI is InChI=1S/C23H30F2N4O3/c1-16-5-10-20(32-22(24)25)18(13-16)14-27-23(28-15-21(30)29(2)3)26-12-11-17-6-8-19(31-4)9-7-17/h5-10,13,22H,11-12,14-15H2,1-4H3,(H2,26,27,28). The van der Waals surface area contributed by atoms with Crippen molar-refractivity contribution >= 4 is 11.9 Å². The molecule has 0 saturated heterocycles. The van der Waals surface area contributed by atoms with Crippen LogP contribution in [0.2, 0.25) is 0 Å². The van der Waals surface area contributed by atoms with E-state index in [0.717, 1.165) is 23.3 Å². The molecule has 2 aromatic carbocycles. The zero-order valence-corrected chi connectivity index (χ0v) is 18.8. The molecule has 32 heavy (non-hydrogen) atoms. The summed E-state index contributed by atoms with van der Waals surface area (Å²) in [6, 6.07) is 12.7. The summed E-state index contributed by atoms with van der Waals surface area (Å²) in [7, 11) is 4.95. The third-order valence-electron chi connectivity index (χ3n) is 4.61. The molecule has 0 fully saturated rings. The van der Waals surface area contributed by atoms with E-state index in [1.165, 1.54) is 11.0 Å². The summed E-state index contributed by atoms with van der Waals surface area (Å²) in [5.41, 5.74) is 2.54. The van der Waals surface area contributed by atoms with Gasteiger partial charge in [-0.05, 0) is 37.1 Å². The molecule has 0 atom stereocenters. The molecule has 0 aromatic heterocycles. The highest BCUT2D eigenvalue weighted by Gasteiger charge is 2.11. The minimum atomic E-state index is -2.92. The smallest absolute Gasteiger partial charge is 0.387 e. The number of nitrogens with zero attached hydrogens (tertiary/aromatic N) is 2. The quantitative estimate of drug-likeness (QED) is 0.432. The second-order valence-electron chi connectivity index (χ2n) is 7.32. The van der Waals surface area contributed by atoms with Crippen molar-refractivity contribution in [3.63, 3.8) is 0 Å². The maximum Gasteiger partial charge on any atom is 0.387 e. The average molecular weight is 449 g/mol. The molecule has 2 aromatic rings. The molecule has 7 nitrogen and oxygen atoms in total. The van der Waals surface area contributed by atoms with Crippen molar-refractivity contribution in [2.75, 3.05) is 34.3 Å². The number of alkyl halides is 2. The van der Waals surface area contributed by atoms with Crippen LogP contribution >= 0.6 is 0 Å². The third-order valence-corrected chi connectivity index (χ3v) is 4.61. The summed E-state index contributed by atoms with van der Waals surface area (Å²) in [4.78, 5) is 17.9. The molecule has 0 spiro atoms. The number of rotatable bonds is 10. The highest BCUT2D eigenvalue weighted by Crippen LogP contribution is 2.23. The van der Waals surface area contributed by atoms with E-state index in [1.807, 2.05) is 31.2 Å². The van der Waals surface area contributed by atoms with Gasteiger partial charge in [0.15, 0.2) is 5.96 Å². The number of carbonyl (C=O) groups excluding carboxylic acids is 1. The van der Waals surface area contributed by atoms with Gasteiger partial charge in [0.25, 0.3) is 0 Å². The van der Waals surface area contributed by atoms with Crippen LogP contribution in [0, 0.1) is 6.92 Å². The molecule has 1 amide bonds. The number of ether oxygens (including phenoxy) is 2. The fourth-order valence-corrected chi connectivity index (χ4v) is 2.82. The van der Waals surface area contributed by atoms with Crippen molar-refractivity contribution in [1.82, 2.24) is 15.5 Å². The van der Waals surface area contributed by atoms with Gasteiger partial charge < -0.3 is 25.0 Å². The first-order valence-electron chi connectivity index (χ1n) is 10.2. The fraction of sp³-hybridized carbons (Fsp3) is 0.391. The van der Waals surface area contributed by atoms with E-state index in [9.17, 15) is 13.6 Å². The maximum absolute atomic E-state index is 12.7. The lowest BCUT2D eigenvalue weighted by molar-refractivity contribution is -0.127. The van der Waals surface area contributed by atoms with Crippen molar-refractivity contribution in [3.05, 3.63) is 59.2 Å². The van der Waals surface area contributed by atoms with Crippen LogP contribution in [0.4, 0.5) is 8.78 Å². The van der Waals surface area contributed by atoms with Crippen molar-refractivity contribution in [2.24, 2.45) is 4.99 Å². The molecule has 0 radical (unpaired) electrons. The normalized spacial score (nSPS) is 11.3. The number of aryl methyl sites for hydroxylation is 1. The number of guanidine groups is 1. The molecule has 0 heterocycles. The number of benzene rings is 2. The number of aliphatic imine (C=N–C) groups is 1. The van der Waals surface area contributed by atoms with Gasteiger partial charge in [-0.1, -0.05) is 29.8 Å². The van der Waals surface area contributed by atoms with Gasteiger partial charge in [0.2, 0.25) is 5.91 Å². The predicted octanol–water partition coefficient (Wildman–Crippen LogP) is 2.97. The Morgan fingerprint density at radius 3 is 2.47 bits per heavy atom. The molecular weight excluding hydrogens is 418 g/mol. The first kappa shape index (κ1) is 24.9. The molecule has 0 aliphatic carbocycles. The van der Waals surface area contributed by atoms with Gasteiger partial charge in [-0.3, -0.25) is 4.79 Å². The van der Waals surface area contributed by atoms with Gasteiger partial charge >= 0.3 is 6.61 Å². The maximum atomic E-state index is 12.7. The summed E-state index contributed by atoms with van der Waals surface area (Å²) in [6.07, 6.45) is 0.719. The van der Waals surface area contributed by atoms with Crippen LogP contribution in [0.25, 0.3) is 0 Å². The largest absolute Gasteiger partial charge is 0.497 e. The highest BCUT2D eigenvalue weighted by molar-refractivity contribution is 5.86. The van der Waals surface area contributed by atoms with E-state index >= 15 is 0 Å². The third kappa shape index (κ3) is 8.41. The van der Waals surface area contributed by atoms with E-state index in [1.54, 1.807) is 33.3 Å². The molecular formula is C23H30F2N4O3. The van der Waals surface area contributed by atoms with Crippen LogP contribution in [0.15, 0.2) is 47.5 Å². The lowest BCUT2D eigenvalue weighted by atomic mass is 10.1. The van der Waals surface area contributed by atoms with Crippen molar-refractivity contribution in [3.8, 4) is 11.5 Å². The second kappa shape index (κ2) is 12.5. The van der Waals surface area contributed by atoms with Gasteiger partial charge in [0.05, 0.1) is 20.2 Å². The van der Waals surface area contributed by atoms with Crippen LogP contribution in [0.3, 0.4) is 0 Å². The summed E-state index contributed by atoms with van der Waals surface area (Å²) < 4.78 is 35.2. The Balaban J connectivity index is 2.08. The van der Waals surface area contributed by atoms with Crippen molar-refractivity contribution < 1.29 is 23.0 Å². The van der Waals surface area contributed by atoms with Crippen molar-refractivity contribution in [1.29, 1.82) is 0 Å². The Kier molecular flexibility index (Phi) is 9.72. The van der Waals surface area contributed by atoms with Crippen LogP contribution in [-0.4, -0.2) is 57.7 Å². The number of amides is 1. The fourth-order valence-electron chi connectivity index (χ4n) is 2.82. The molecule has 0 unspecified atom stereocenters. The minimum absolute atomic E-state index is 0.0512. The first-order valence-corrected chi connectivity index (χ1v) is 10.2. The van der Waals surface area contributed by atoms with E-state index in [2.05, 4.69) is 20.4 Å². The molecule has 9 heteroatoms. The second-order valence-corrected chi connectivity index (χ2v) is 7.32. The average Bonchev–Trinajstić information content (AvgIpc) is 2.76. The number of methoxy groups -OCH3 is 1. The topological polar surface area (TPSA) is 75.2 Å². The summed E-state index contributed by atoms with van der Waals surface area (Å²) in [6.45, 7) is -0.338. The van der Waals surface area contributed by atoms with Crippen LogP contribution in [-0.2, 0) is 17.8 Å². The van der Waals surface area contributed by atoms with Gasteiger partial charge in [0.1, 0.15) is 11.5 Å². The summed E-state index contributed by atoms with van der Waals surface area (Å²) in [5, 5.41) is 6.17. The lowest BCUT2D eigenvalue weighted by Crippen LogP contribution is -2.43. The molecule has 0 aliphatic rings. The van der Waals surface area contributed by atoms with Crippen LogP contribution in [0.1, 0.15) is 16.7 Å². The Morgan fingerprint density at radius 2 is 1.84 bits per heavy atom. The SMILES string of the molecule is COc1ccc(CCNC(=NCc2cc(C)ccc2OC(F)F)NCC(=O)N(C)C)cc1. The molecule has 0 aliphatic heterocycles. The van der Waals surface area contributed by atoms with Gasteiger partial charge in [-0.2, -0.15) is 8.78 Å². The molecule has 0 saturated carbocycles.